The highest BCUT2D eigenvalue weighted by atomic mass is 31.2. The normalized spacial score (nSPS) is 13.3. The fraction of sp³-hybridized carbons (Fsp3) is 0.844. The Kier molecular flexibility index (Phi) is 58.6. The molecule has 10 heteroatoms. The summed E-state index contributed by atoms with van der Waals surface area (Å²) < 4.78 is 33.1. The molecule has 0 aliphatic carbocycles. The first-order chi connectivity index (χ1) is 36.3. The molecule has 0 aliphatic heterocycles. The van der Waals surface area contributed by atoms with Gasteiger partial charge in [-0.15, -0.1) is 0 Å². The number of carbonyl (C=O) groups is 2. The molecule has 0 rings (SSSR count). The maximum absolute atomic E-state index is 12.7. The fourth-order valence-corrected chi connectivity index (χ4v) is 10.1. The summed E-state index contributed by atoms with van der Waals surface area (Å²) in [6.45, 7) is 3.69. The molecular weight excluding hydrogens is 942 g/mol. The topological polar surface area (TPSA) is 134 Å². The first kappa shape index (κ1) is 72.0. The van der Waals surface area contributed by atoms with Crippen LogP contribution in [0.15, 0.2) is 48.6 Å². The number of allylic oxidation sites excluding steroid dienone is 8. The lowest BCUT2D eigenvalue weighted by Gasteiger charge is -2.19. The third-order valence-corrected chi connectivity index (χ3v) is 15.0. The van der Waals surface area contributed by atoms with Crippen LogP contribution in [0.4, 0.5) is 0 Å². The zero-order valence-corrected chi connectivity index (χ0v) is 49.5. The molecule has 0 fully saturated rings. The number of unbranched alkanes of at least 4 members (excludes halogenated alkanes) is 39. The number of rotatable bonds is 60. The van der Waals surface area contributed by atoms with Crippen LogP contribution in [0.5, 0.6) is 0 Å². The summed E-state index contributed by atoms with van der Waals surface area (Å²) in [7, 11) is -4.39. The summed E-state index contributed by atoms with van der Waals surface area (Å²) in [5.74, 6) is -0.808. The van der Waals surface area contributed by atoms with Crippen molar-refractivity contribution in [2.24, 2.45) is 5.73 Å². The van der Waals surface area contributed by atoms with E-state index >= 15 is 0 Å². The SMILES string of the molecule is CC/C=C\C/C=C\C/C=C\C/C=C\CCCCCCCCCCCCCCCCCCCCCCC(=O)OC(COC(=O)CCCCCCCCCCCCCCCCCCCCCC)COP(=O)(O)OCCN. The molecule has 434 valence electrons. The highest BCUT2D eigenvalue weighted by molar-refractivity contribution is 7.47. The second kappa shape index (κ2) is 60.2. The van der Waals surface area contributed by atoms with E-state index in [4.69, 9.17) is 24.3 Å². The molecule has 0 aromatic rings. The van der Waals surface area contributed by atoms with E-state index in [1.807, 2.05) is 0 Å². The molecule has 3 N–H and O–H groups in total. The van der Waals surface area contributed by atoms with Gasteiger partial charge in [-0.25, -0.2) is 4.57 Å². The first-order valence-electron chi connectivity index (χ1n) is 31.6. The van der Waals surface area contributed by atoms with Gasteiger partial charge in [-0.2, -0.15) is 0 Å². The second-order valence-electron chi connectivity index (χ2n) is 21.3. The molecule has 0 amide bonds. The Balaban J connectivity index is 3.85. The lowest BCUT2D eigenvalue weighted by molar-refractivity contribution is -0.161. The minimum Gasteiger partial charge on any atom is -0.462 e. The van der Waals surface area contributed by atoms with Crippen LogP contribution in [-0.2, 0) is 32.7 Å². The van der Waals surface area contributed by atoms with Crippen LogP contribution in [0.2, 0.25) is 0 Å². The minimum absolute atomic E-state index is 0.0557. The van der Waals surface area contributed by atoms with Crippen LogP contribution in [0.1, 0.15) is 316 Å². The van der Waals surface area contributed by atoms with E-state index in [2.05, 4.69) is 62.5 Å². The summed E-state index contributed by atoms with van der Waals surface area (Å²) in [5, 5.41) is 0. The molecule has 0 aromatic heterocycles. The number of phosphoric acid groups is 1. The van der Waals surface area contributed by atoms with E-state index in [0.717, 1.165) is 57.8 Å². The predicted molar refractivity (Wildman–Crippen MR) is 317 cm³/mol. The van der Waals surface area contributed by atoms with Crippen molar-refractivity contribution in [3.05, 3.63) is 48.6 Å². The summed E-state index contributed by atoms with van der Waals surface area (Å²) in [5.41, 5.74) is 5.39. The Bertz CT molecular complexity index is 1350. The molecule has 0 saturated carbocycles. The standard InChI is InChI=1S/C64H120NO8P/c1-3-5-7-9-11-13-15-17-19-21-23-25-26-27-28-29-30-31-32-33-34-35-36-37-39-41-43-45-47-49-51-53-55-57-64(67)73-62(61-72-74(68,69)71-59-58-65)60-70-63(66)56-54-52-50-48-46-44-42-40-38-24-22-20-18-16-14-12-10-8-6-4-2/h5,7,11,13,17,19,23,25,62H,3-4,6,8-10,12,14-16,18,20-22,24,26-61,65H2,1-2H3,(H,68,69)/b7-5-,13-11-,19-17-,25-23-. The van der Waals surface area contributed by atoms with Crippen molar-refractivity contribution >= 4 is 19.8 Å². The van der Waals surface area contributed by atoms with Crippen LogP contribution >= 0.6 is 7.82 Å². The molecular formula is C64H120NO8P. The van der Waals surface area contributed by atoms with Crippen molar-refractivity contribution in [2.45, 2.75) is 322 Å². The van der Waals surface area contributed by atoms with Gasteiger partial charge in [0.2, 0.25) is 0 Å². The second-order valence-corrected chi connectivity index (χ2v) is 22.7. The smallest absolute Gasteiger partial charge is 0.462 e. The molecule has 0 spiro atoms. The molecule has 9 nitrogen and oxygen atoms in total. The van der Waals surface area contributed by atoms with Gasteiger partial charge in [0, 0.05) is 19.4 Å². The van der Waals surface area contributed by atoms with Crippen LogP contribution in [0.25, 0.3) is 0 Å². The van der Waals surface area contributed by atoms with Crippen LogP contribution < -0.4 is 5.73 Å². The van der Waals surface area contributed by atoms with Gasteiger partial charge in [0.15, 0.2) is 6.10 Å². The van der Waals surface area contributed by atoms with E-state index in [1.54, 1.807) is 0 Å². The largest absolute Gasteiger partial charge is 0.472 e. The number of carbonyl (C=O) groups excluding carboxylic acids is 2. The van der Waals surface area contributed by atoms with Crippen molar-refractivity contribution in [1.82, 2.24) is 0 Å². The molecule has 74 heavy (non-hydrogen) atoms. The van der Waals surface area contributed by atoms with Gasteiger partial charge in [-0.3, -0.25) is 18.6 Å². The summed E-state index contributed by atoms with van der Waals surface area (Å²) in [6.07, 6.45) is 74.7. The zero-order valence-electron chi connectivity index (χ0n) is 48.6. The summed E-state index contributed by atoms with van der Waals surface area (Å²) in [4.78, 5) is 35.2. The van der Waals surface area contributed by atoms with Gasteiger partial charge in [-0.05, 0) is 51.4 Å². The number of hydrogen-bond acceptors (Lipinski definition) is 8. The molecule has 0 bridgehead atoms. The van der Waals surface area contributed by atoms with Crippen molar-refractivity contribution < 1.29 is 37.6 Å². The highest BCUT2D eigenvalue weighted by Gasteiger charge is 2.26. The lowest BCUT2D eigenvalue weighted by Crippen LogP contribution is -2.29. The van der Waals surface area contributed by atoms with Gasteiger partial charge in [0.1, 0.15) is 6.61 Å². The van der Waals surface area contributed by atoms with Crippen molar-refractivity contribution in [1.29, 1.82) is 0 Å². The highest BCUT2D eigenvalue weighted by Crippen LogP contribution is 2.43. The average Bonchev–Trinajstić information content (AvgIpc) is 3.39. The van der Waals surface area contributed by atoms with E-state index in [-0.39, 0.29) is 38.6 Å². The van der Waals surface area contributed by atoms with Gasteiger partial charge in [0.05, 0.1) is 13.2 Å². The average molecular weight is 1060 g/mol. The van der Waals surface area contributed by atoms with Crippen LogP contribution in [-0.4, -0.2) is 49.3 Å². The number of phosphoric ester groups is 1. The molecule has 0 radical (unpaired) electrons. The van der Waals surface area contributed by atoms with Crippen LogP contribution in [0, 0.1) is 0 Å². The van der Waals surface area contributed by atoms with Gasteiger partial charge >= 0.3 is 19.8 Å². The van der Waals surface area contributed by atoms with E-state index in [1.165, 1.54) is 225 Å². The fourth-order valence-electron chi connectivity index (χ4n) is 9.34. The maximum atomic E-state index is 12.7. The number of ether oxygens (including phenoxy) is 2. The van der Waals surface area contributed by atoms with Crippen LogP contribution in [0.3, 0.4) is 0 Å². The quantitative estimate of drug-likeness (QED) is 0.0264. The van der Waals surface area contributed by atoms with Crippen molar-refractivity contribution in [3.63, 3.8) is 0 Å². The molecule has 0 aromatic carbocycles. The van der Waals surface area contributed by atoms with Gasteiger partial charge in [0.25, 0.3) is 0 Å². The minimum atomic E-state index is -4.39. The Morgan fingerprint density at radius 2 is 0.743 bits per heavy atom. The van der Waals surface area contributed by atoms with E-state index in [9.17, 15) is 19.0 Å². The molecule has 2 unspecified atom stereocenters. The van der Waals surface area contributed by atoms with Gasteiger partial charge in [-0.1, -0.05) is 300 Å². The molecule has 2 atom stereocenters. The Labute approximate surface area is 457 Å². The Morgan fingerprint density at radius 3 is 1.11 bits per heavy atom. The monoisotopic (exact) mass is 1060 g/mol. The third-order valence-electron chi connectivity index (χ3n) is 14.0. The van der Waals surface area contributed by atoms with Gasteiger partial charge < -0.3 is 20.1 Å². The Hall–Kier alpha value is -2.03. The molecule has 0 heterocycles. The number of nitrogens with two attached hydrogens (primary N) is 1. The third kappa shape index (κ3) is 59.2. The lowest BCUT2D eigenvalue weighted by atomic mass is 10.0. The van der Waals surface area contributed by atoms with E-state index < -0.39 is 26.5 Å². The maximum Gasteiger partial charge on any atom is 0.472 e. The predicted octanol–water partition coefficient (Wildman–Crippen LogP) is 20.1. The van der Waals surface area contributed by atoms with Crippen molar-refractivity contribution in [3.8, 4) is 0 Å². The molecule has 0 saturated heterocycles. The number of hydrogen-bond donors (Lipinski definition) is 2. The Morgan fingerprint density at radius 1 is 0.419 bits per heavy atom. The number of esters is 2. The van der Waals surface area contributed by atoms with E-state index in [0.29, 0.717) is 6.42 Å². The first-order valence-corrected chi connectivity index (χ1v) is 33.1. The molecule has 0 aliphatic rings. The van der Waals surface area contributed by atoms with Crippen molar-refractivity contribution in [2.75, 3.05) is 26.4 Å². The zero-order chi connectivity index (χ0) is 53.8. The summed E-state index contributed by atoms with van der Waals surface area (Å²) >= 11 is 0. The summed E-state index contributed by atoms with van der Waals surface area (Å²) in [6, 6.07) is 0.